The first-order chi connectivity index (χ1) is 12.6. The van der Waals surface area contributed by atoms with E-state index in [4.69, 9.17) is 0 Å². The largest absolute Gasteiger partial charge is 0.416 e. The van der Waals surface area contributed by atoms with Crippen LogP contribution in [0.25, 0.3) is 0 Å². The molecule has 2 atom stereocenters. The summed E-state index contributed by atoms with van der Waals surface area (Å²) in [4.78, 5) is 14.1. The van der Waals surface area contributed by atoms with E-state index in [1.807, 2.05) is 24.3 Å². The average molecular weight is 385 g/mol. The van der Waals surface area contributed by atoms with Gasteiger partial charge >= 0.3 is 12.4 Å². The van der Waals surface area contributed by atoms with Crippen LogP contribution in [0.2, 0.25) is 0 Å². The van der Waals surface area contributed by atoms with Crippen molar-refractivity contribution in [3.63, 3.8) is 0 Å². The Morgan fingerprint density at radius 3 is 1.67 bits per heavy atom. The van der Waals surface area contributed by atoms with Crippen LogP contribution in [0, 0.1) is 0 Å². The summed E-state index contributed by atoms with van der Waals surface area (Å²) in [6.07, 6.45) is -8.84. The molecule has 4 rings (SSSR count). The minimum Gasteiger partial charge on any atom is -0.328 e. The molecule has 0 radical (unpaired) electrons. The Labute approximate surface area is 150 Å². The molecule has 0 bridgehead atoms. The third kappa shape index (κ3) is 3.17. The quantitative estimate of drug-likeness (QED) is 0.514. The van der Waals surface area contributed by atoms with Crippen LogP contribution in [0.3, 0.4) is 0 Å². The molecule has 1 amide bonds. The highest BCUT2D eigenvalue weighted by molar-refractivity contribution is 5.97. The van der Waals surface area contributed by atoms with Crippen LogP contribution in [0.4, 0.5) is 26.3 Å². The van der Waals surface area contributed by atoms with Gasteiger partial charge in [0.05, 0.1) is 23.2 Å². The molecular formula is C19H13F6NO. The van der Waals surface area contributed by atoms with Gasteiger partial charge in [-0.25, -0.2) is 0 Å². The van der Waals surface area contributed by atoms with E-state index >= 15 is 0 Å². The van der Waals surface area contributed by atoms with E-state index in [0.29, 0.717) is 25.0 Å². The zero-order valence-electron chi connectivity index (χ0n) is 13.7. The lowest BCUT2D eigenvalue weighted by molar-refractivity contribution is -0.143. The molecule has 27 heavy (non-hydrogen) atoms. The fraction of sp³-hybridized carbons (Fsp3) is 0.316. The maximum atomic E-state index is 13.0. The summed E-state index contributed by atoms with van der Waals surface area (Å²) in [6, 6.07) is 8.20. The number of amides is 1. The number of hydrogen-bond donors (Lipinski definition) is 0. The lowest BCUT2D eigenvalue weighted by Gasteiger charge is -2.14. The first-order valence-corrected chi connectivity index (χ1v) is 8.24. The van der Waals surface area contributed by atoms with Gasteiger partial charge in [0, 0.05) is 5.56 Å². The first kappa shape index (κ1) is 17.9. The molecular weight excluding hydrogens is 372 g/mol. The normalized spacial score (nSPS) is 21.5. The Balaban J connectivity index is 1.65. The molecule has 2 aromatic rings. The fourth-order valence-corrected chi connectivity index (χ4v) is 3.74. The van der Waals surface area contributed by atoms with Gasteiger partial charge in [0.2, 0.25) is 0 Å². The highest BCUT2D eigenvalue weighted by Crippen LogP contribution is 2.42. The average Bonchev–Trinajstić information content (AvgIpc) is 3.29. The van der Waals surface area contributed by atoms with Crippen LogP contribution < -0.4 is 0 Å². The van der Waals surface area contributed by atoms with Crippen LogP contribution in [-0.4, -0.2) is 22.9 Å². The lowest BCUT2D eigenvalue weighted by Crippen LogP contribution is -2.19. The van der Waals surface area contributed by atoms with Crippen molar-refractivity contribution >= 4 is 5.91 Å². The Morgan fingerprint density at radius 2 is 1.26 bits per heavy atom. The smallest absolute Gasteiger partial charge is 0.328 e. The molecule has 2 aliphatic rings. The van der Waals surface area contributed by atoms with E-state index in [-0.39, 0.29) is 18.2 Å². The van der Waals surface area contributed by atoms with Crippen LogP contribution in [-0.2, 0) is 25.2 Å². The van der Waals surface area contributed by atoms with Gasteiger partial charge in [0.1, 0.15) is 0 Å². The third-order valence-electron chi connectivity index (χ3n) is 5.11. The molecule has 2 aromatic carbocycles. The number of carbonyl (C=O) groups is 1. The second-order valence-corrected chi connectivity index (χ2v) is 6.82. The van der Waals surface area contributed by atoms with E-state index in [0.717, 1.165) is 11.1 Å². The molecule has 8 heteroatoms. The topological polar surface area (TPSA) is 20.1 Å². The van der Waals surface area contributed by atoms with Gasteiger partial charge in [-0.1, -0.05) is 24.3 Å². The summed E-state index contributed by atoms with van der Waals surface area (Å²) >= 11 is 0. The number of benzene rings is 2. The second kappa shape index (κ2) is 5.74. The zero-order chi connectivity index (χ0) is 19.6. The maximum absolute atomic E-state index is 13.0. The van der Waals surface area contributed by atoms with E-state index in [1.54, 1.807) is 0 Å². The number of alkyl halides is 6. The lowest BCUT2D eigenvalue weighted by atomic mass is 9.92. The third-order valence-corrected chi connectivity index (χ3v) is 5.11. The monoisotopic (exact) mass is 385 g/mol. The number of hydrogen-bond acceptors (Lipinski definition) is 1. The molecule has 0 N–H and O–H groups in total. The molecule has 1 aliphatic heterocycles. The minimum absolute atomic E-state index is 0.0297. The Kier molecular flexibility index (Phi) is 3.80. The molecule has 2 unspecified atom stereocenters. The summed E-state index contributed by atoms with van der Waals surface area (Å²) < 4.78 is 78.0. The van der Waals surface area contributed by atoms with Crippen molar-refractivity contribution in [1.82, 2.24) is 4.90 Å². The predicted octanol–water partition coefficient (Wildman–Crippen LogP) is 4.72. The van der Waals surface area contributed by atoms with Crippen molar-refractivity contribution in [3.8, 4) is 0 Å². The molecule has 1 aliphatic carbocycles. The Morgan fingerprint density at radius 1 is 0.815 bits per heavy atom. The van der Waals surface area contributed by atoms with E-state index < -0.39 is 35.0 Å². The Bertz CT molecular complexity index is 854. The predicted molar refractivity (Wildman–Crippen MR) is 84.0 cm³/mol. The number of halogens is 6. The molecule has 0 aromatic heterocycles. The van der Waals surface area contributed by atoms with Gasteiger partial charge in [-0.05, 0) is 42.2 Å². The van der Waals surface area contributed by atoms with Gasteiger partial charge in [0.15, 0.2) is 0 Å². The van der Waals surface area contributed by atoms with Crippen LogP contribution in [0.5, 0.6) is 0 Å². The summed E-state index contributed by atoms with van der Waals surface area (Å²) in [7, 11) is 0. The van der Waals surface area contributed by atoms with Crippen LogP contribution >= 0.6 is 0 Å². The second-order valence-electron chi connectivity index (χ2n) is 6.82. The number of rotatable bonds is 1. The first-order valence-electron chi connectivity index (χ1n) is 8.24. The zero-order valence-corrected chi connectivity index (χ0v) is 13.7. The van der Waals surface area contributed by atoms with Crippen molar-refractivity contribution in [1.29, 1.82) is 0 Å². The minimum atomic E-state index is -4.97. The molecule has 0 spiro atoms. The van der Waals surface area contributed by atoms with Gasteiger partial charge < -0.3 is 4.90 Å². The molecule has 1 saturated heterocycles. The van der Waals surface area contributed by atoms with E-state index in [9.17, 15) is 31.1 Å². The van der Waals surface area contributed by atoms with Gasteiger partial charge in [-0.2, -0.15) is 26.3 Å². The summed E-state index contributed by atoms with van der Waals surface area (Å²) in [6.45, 7) is 0. The highest BCUT2D eigenvalue weighted by Gasteiger charge is 2.53. The van der Waals surface area contributed by atoms with Crippen LogP contribution in [0.15, 0.2) is 42.5 Å². The van der Waals surface area contributed by atoms with Crippen molar-refractivity contribution < 1.29 is 31.1 Å². The Hall–Kier alpha value is -2.51. The molecule has 1 fully saturated rings. The van der Waals surface area contributed by atoms with Crippen LogP contribution in [0.1, 0.15) is 32.6 Å². The maximum Gasteiger partial charge on any atom is 0.416 e. The molecule has 142 valence electrons. The highest BCUT2D eigenvalue weighted by atomic mass is 19.4. The number of nitrogens with zero attached hydrogens (tertiary/aromatic N) is 1. The van der Waals surface area contributed by atoms with E-state index in [2.05, 4.69) is 0 Å². The summed E-state index contributed by atoms with van der Waals surface area (Å²) in [5, 5.41) is 0. The molecule has 0 saturated carbocycles. The van der Waals surface area contributed by atoms with Gasteiger partial charge in [-0.3, -0.25) is 4.79 Å². The summed E-state index contributed by atoms with van der Waals surface area (Å²) in [5.41, 5.74) is -1.44. The standard InChI is InChI=1S/C19H13F6NO/c20-18(21,22)13-5-12(6-14(9-13)19(23,24)25)17(27)26-15-7-10-3-1-2-4-11(10)8-16(15)26/h1-6,9,15-16H,7-8H2. The van der Waals surface area contributed by atoms with Gasteiger partial charge in [0.25, 0.3) is 5.91 Å². The van der Waals surface area contributed by atoms with Crippen molar-refractivity contribution in [2.24, 2.45) is 0 Å². The number of carbonyl (C=O) groups excluding carboxylic acids is 1. The SMILES string of the molecule is O=C(c1cc(C(F)(F)F)cc(C(F)(F)F)c1)N1C2Cc3ccccc3CC21. The molecule has 1 heterocycles. The fourth-order valence-electron chi connectivity index (χ4n) is 3.74. The van der Waals surface area contributed by atoms with Gasteiger partial charge in [-0.15, -0.1) is 0 Å². The van der Waals surface area contributed by atoms with Crippen molar-refractivity contribution in [3.05, 3.63) is 70.3 Å². The summed E-state index contributed by atoms with van der Waals surface area (Å²) in [5.74, 6) is -0.797. The van der Waals surface area contributed by atoms with Crippen molar-refractivity contribution in [2.45, 2.75) is 37.3 Å². The molecule has 2 nitrogen and oxygen atoms in total. The van der Waals surface area contributed by atoms with Crippen molar-refractivity contribution in [2.75, 3.05) is 0 Å². The van der Waals surface area contributed by atoms with E-state index in [1.165, 1.54) is 4.90 Å². The number of fused-ring (bicyclic) bond motifs is 2.